The molecule has 19 heavy (non-hydrogen) atoms. The molecule has 2 aliphatic rings. The topological polar surface area (TPSA) is 38.3 Å². The number of nitrogens with one attached hydrogen (secondary N) is 1. The molecule has 0 bridgehead atoms. The third-order valence-electron chi connectivity index (χ3n) is 4.00. The second-order valence-corrected chi connectivity index (χ2v) is 5.73. The maximum atomic E-state index is 11.9. The van der Waals surface area contributed by atoms with Gasteiger partial charge in [0.05, 0.1) is 6.04 Å². The summed E-state index contributed by atoms with van der Waals surface area (Å²) in [5.74, 6) is 0.480. The fraction of sp³-hybridized carbons (Fsp3) is 0.562. The van der Waals surface area contributed by atoms with Gasteiger partial charge in [0.2, 0.25) is 5.91 Å². The van der Waals surface area contributed by atoms with Crippen LogP contribution in [-0.4, -0.2) is 18.6 Å². The van der Waals surface area contributed by atoms with Crippen LogP contribution in [0, 0.1) is 12.8 Å². The van der Waals surface area contributed by atoms with Gasteiger partial charge in [0.15, 0.2) is 0 Å². The molecule has 1 saturated carbocycles. The van der Waals surface area contributed by atoms with E-state index in [4.69, 9.17) is 4.74 Å². The van der Waals surface area contributed by atoms with Gasteiger partial charge in [-0.15, -0.1) is 0 Å². The van der Waals surface area contributed by atoms with Crippen LogP contribution in [-0.2, 0) is 9.53 Å². The van der Waals surface area contributed by atoms with Gasteiger partial charge in [-0.25, -0.2) is 0 Å². The Morgan fingerprint density at radius 2 is 1.95 bits per heavy atom. The molecule has 3 heteroatoms. The molecule has 2 atom stereocenters. The van der Waals surface area contributed by atoms with E-state index in [2.05, 4.69) is 36.5 Å². The van der Waals surface area contributed by atoms with Crippen molar-refractivity contribution in [3.8, 4) is 0 Å². The molecule has 1 N–H and O–H groups in total. The highest BCUT2D eigenvalue weighted by Gasteiger charge is 2.34. The number of rotatable bonds is 3. The van der Waals surface area contributed by atoms with E-state index in [-0.39, 0.29) is 24.0 Å². The summed E-state index contributed by atoms with van der Waals surface area (Å²) in [5, 5.41) is 3.18. The van der Waals surface area contributed by atoms with Gasteiger partial charge in [0.25, 0.3) is 0 Å². The number of hydrogen-bond donors (Lipinski definition) is 1. The minimum Gasteiger partial charge on any atom is -0.371 e. The Hall–Kier alpha value is -1.35. The van der Waals surface area contributed by atoms with Crippen LogP contribution < -0.4 is 5.32 Å². The van der Waals surface area contributed by atoms with Crippen LogP contribution in [0.2, 0.25) is 0 Å². The van der Waals surface area contributed by atoms with Crippen LogP contribution in [0.25, 0.3) is 0 Å². The molecule has 0 unspecified atom stereocenters. The maximum absolute atomic E-state index is 11.9. The van der Waals surface area contributed by atoms with Crippen LogP contribution in [0.5, 0.6) is 0 Å². The Bertz CT molecular complexity index is 450. The van der Waals surface area contributed by atoms with E-state index in [0.29, 0.717) is 0 Å². The van der Waals surface area contributed by atoms with E-state index in [9.17, 15) is 4.79 Å². The lowest BCUT2D eigenvalue weighted by Crippen LogP contribution is -2.43. The fourth-order valence-electron chi connectivity index (χ4n) is 2.66. The molecule has 1 aliphatic carbocycles. The molecule has 102 valence electrons. The van der Waals surface area contributed by atoms with Crippen LogP contribution in [0.1, 0.15) is 42.9 Å². The summed E-state index contributed by atoms with van der Waals surface area (Å²) in [6, 6.07) is 8.56. The number of ether oxygens (including phenoxy) is 1. The molecule has 1 aliphatic heterocycles. The molecule has 0 radical (unpaired) electrons. The lowest BCUT2D eigenvalue weighted by atomic mass is 9.95. The third kappa shape index (κ3) is 2.98. The quantitative estimate of drug-likeness (QED) is 0.906. The SMILES string of the molecule is Cc1ccc([C@@H]2OCCC[C@H]2NC(=O)C2CC2)cc1. The lowest BCUT2D eigenvalue weighted by Gasteiger charge is -2.32. The van der Waals surface area contributed by atoms with Crippen LogP contribution in [0.4, 0.5) is 0 Å². The molecular weight excluding hydrogens is 238 g/mol. The Kier molecular flexibility index (Phi) is 3.56. The summed E-state index contributed by atoms with van der Waals surface area (Å²) in [4.78, 5) is 11.9. The number of amides is 1. The molecule has 1 amide bonds. The first-order valence-corrected chi connectivity index (χ1v) is 7.22. The van der Waals surface area contributed by atoms with Gasteiger partial charge in [-0.1, -0.05) is 29.8 Å². The first-order valence-electron chi connectivity index (χ1n) is 7.22. The molecule has 0 aromatic heterocycles. The van der Waals surface area contributed by atoms with Crippen LogP contribution in [0.15, 0.2) is 24.3 Å². The highest BCUT2D eigenvalue weighted by molar-refractivity contribution is 5.81. The van der Waals surface area contributed by atoms with E-state index in [1.54, 1.807) is 0 Å². The first kappa shape index (κ1) is 12.7. The zero-order valence-electron chi connectivity index (χ0n) is 11.4. The van der Waals surface area contributed by atoms with E-state index in [0.717, 1.165) is 32.3 Å². The Labute approximate surface area is 114 Å². The molecule has 0 spiro atoms. The van der Waals surface area contributed by atoms with E-state index in [1.807, 2.05) is 0 Å². The Morgan fingerprint density at radius 3 is 2.63 bits per heavy atom. The third-order valence-corrected chi connectivity index (χ3v) is 4.00. The predicted octanol–water partition coefficient (Wildman–Crippen LogP) is 2.74. The van der Waals surface area contributed by atoms with Crippen LogP contribution >= 0.6 is 0 Å². The highest BCUT2D eigenvalue weighted by Crippen LogP contribution is 2.32. The highest BCUT2D eigenvalue weighted by atomic mass is 16.5. The Balaban J connectivity index is 1.72. The van der Waals surface area contributed by atoms with Gasteiger partial charge >= 0.3 is 0 Å². The smallest absolute Gasteiger partial charge is 0.223 e. The van der Waals surface area contributed by atoms with Crippen molar-refractivity contribution in [3.05, 3.63) is 35.4 Å². The predicted molar refractivity (Wildman–Crippen MR) is 73.8 cm³/mol. The number of carbonyl (C=O) groups is 1. The summed E-state index contributed by atoms with van der Waals surface area (Å²) >= 11 is 0. The lowest BCUT2D eigenvalue weighted by molar-refractivity contribution is -0.125. The summed E-state index contributed by atoms with van der Waals surface area (Å²) in [7, 11) is 0. The van der Waals surface area contributed by atoms with Gasteiger partial charge in [-0.3, -0.25) is 4.79 Å². The van der Waals surface area contributed by atoms with Gasteiger partial charge in [0.1, 0.15) is 6.10 Å². The van der Waals surface area contributed by atoms with Gasteiger partial charge < -0.3 is 10.1 Å². The summed E-state index contributed by atoms with van der Waals surface area (Å²) < 4.78 is 5.90. The molecular formula is C16H21NO2. The standard InChI is InChI=1S/C16H21NO2/c1-11-4-6-12(7-5-11)15-14(3-2-10-19-15)17-16(18)13-8-9-13/h4-7,13-15H,2-3,8-10H2,1H3,(H,17,18)/t14-,15+/m1/s1. The van der Waals surface area contributed by atoms with Crippen molar-refractivity contribution >= 4 is 5.91 Å². The zero-order valence-corrected chi connectivity index (χ0v) is 11.4. The number of aryl methyl sites for hydroxylation is 1. The molecule has 1 saturated heterocycles. The molecule has 2 fully saturated rings. The van der Waals surface area contributed by atoms with Crippen LogP contribution in [0.3, 0.4) is 0 Å². The molecule has 1 aromatic carbocycles. The van der Waals surface area contributed by atoms with Crippen molar-refractivity contribution in [2.45, 2.75) is 44.8 Å². The van der Waals surface area contributed by atoms with Crippen molar-refractivity contribution in [1.82, 2.24) is 5.32 Å². The normalized spacial score (nSPS) is 27.0. The van der Waals surface area contributed by atoms with Crippen molar-refractivity contribution in [2.24, 2.45) is 5.92 Å². The summed E-state index contributed by atoms with van der Waals surface area (Å²) in [6.07, 6.45) is 4.15. The number of benzene rings is 1. The first-order chi connectivity index (χ1) is 9.24. The average Bonchev–Trinajstić information content (AvgIpc) is 3.25. The second kappa shape index (κ2) is 5.33. The fourth-order valence-corrected chi connectivity index (χ4v) is 2.66. The number of carbonyl (C=O) groups excluding carboxylic acids is 1. The van der Waals surface area contributed by atoms with E-state index >= 15 is 0 Å². The molecule has 3 nitrogen and oxygen atoms in total. The monoisotopic (exact) mass is 259 g/mol. The van der Waals surface area contributed by atoms with Gasteiger partial charge in [-0.05, 0) is 38.2 Å². The largest absolute Gasteiger partial charge is 0.371 e. The van der Waals surface area contributed by atoms with Gasteiger partial charge in [0, 0.05) is 12.5 Å². The van der Waals surface area contributed by atoms with Crippen molar-refractivity contribution in [3.63, 3.8) is 0 Å². The number of hydrogen-bond acceptors (Lipinski definition) is 2. The molecule has 1 heterocycles. The van der Waals surface area contributed by atoms with E-state index < -0.39 is 0 Å². The van der Waals surface area contributed by atoms with Crippen molar-refractivity contribution < 1.29 is 9.53 Å². The van der Waals surface area contributed by atoms with Crippen molar-refractivity contribution in [2.75, 3.05) is 6.61 Å². The second-order valence-electron chi connectivity index (χ2n) is 5.73. The Morgan fingerprint density at radius 1 is 1.21 bits per heavy atom. The minimum absolute atomic E-state index is 0.0112. The molecule has 3 rings (SSSR count). The average molecular weight is 259 g/mol. The maximum Gasteiger partial charge on any atom is 0.223 e. The summed E-state index contributed by atoms with van der Waals surface area (Å²) in [6.45, 7) is 2.87. The summed E-state index contributed by atoms with van der Waals surface area (Å²) in [5.41, 5.74) is 2.42. The van der Waals surface area contributed by atoms with Crippen molar-refractivity contribution in [1.29, 1.82) is 0 Å². The van der Waals surface area contributed by atoms with E-state index in [1.165, 1.54) is 11.1 Å². The molecule has 1 aromatic rings. The van der Waals surface area contributed by atoms with Gasteiger partial charge in [-0.2, -0.15) is 0 Å². The minimum atomic E-state index is 0.0112. The zero-order chi connectivity index (χ0) is 13.2.